The van der Waals surface area contributed by atoms with Crippen LogP contribution in [-0.2, 0) is 0 Å². The van der Waals surface area contributed by atoms with Gasteiger partial charge in [0.25, 0.3) is 0 Å². The number of thiol groups is 1. The van der Waals surface area contributed by atoms with E-state index in [1.165, 1.54) is 6.21 Å². The van der Waals surface area contributed by atoms with Crippen LogP contribution in [0.3, 0.4) is 0 Å². The maximum absolute atomic E-state index is 8.14. The minimum Gasteiger partial charge on any atom is -0.411 e. The average molecular weight is 163 g/mol. The van der Waals surface area contributed by atoms with E-state index < -0.39 is 0 Å². The quantitative estimate of drug-likeness (QED) is 0.145. The van der Waals surface area contributed by atoms with Gasteiger partial charge in [-0.15, -0.1) is 0 Å². The molecule has 0 amide bonds. The summed E-state index contributed by atoms with van der Waals surface area (Å²) in [7, 11) is 1.78. The Morgan fingerprint density at radius 3 is 2.90 bits per heavy atom. The lowest BCUT2D eigenvalue weighted by Gasteiger charge is -2.10. The lowest BCUT2D eigenvalue weighted by molar-refractivity contribution is 0.318. The first kappa shape index (κ1) is 9.74. The molecule has 0 heterocycles. The molecule has 1 unspecified atom stereocenters. The summed E-state index contributed by atoms with van der Waals surface area (Å²) in [5.74, 6) is 0.761. The van der Waals surface area contributed by atoms with Crippen molar-refractivity contribution in [3.8, 4) is 0 Å². The summed E-state index contributed by atoms with van der Waals surface area (Å²) in [4.78, 5) is 0. The lowest BCUT2D eigenvalue weighted by Crippen LogP contribution is -2.42. The number of hydrogen-bond donors (Lipinski definition) is 4. The number of nitrogens with one attached hydrogen (secondary N) is 2. The molecule has 0 aliphatic heterocycles. The normalized spacial score (nSPS) is 14.2. The van der Waals surface area contributed by atoms with Crippen LogP contribution in [0.15, 0.2) is 5.16 Å². The van der Waals surface area contributed by atoms with E-state index in [1.54, 1.807) is 7.05 Å². The zero-order valence-corrected chi connectivity index (χ0v) is 6.80. The molecule has 0 bridgehead atoms. The van der Waals surface area contributed by atoms with Crippen molar-refractivity contribution in [2.24, 2.45) is 5.16 Å². The third-order valence-corrected chi connectivity index (χ3v) is 1.23. The van der Waals surface area contributed by atoms with Crippen molar-refractivity contribution in [1.29, 1.82) is 0 Å². The van der Waals surface area contributed by atoms with Gasteiger partial charge in [0.15, 0.2) is 0 Å². The van der Waals surface area contributed by atoms with Gasteiger partial charge in [-0.2, -0.15) is 12.6 Å². The van der Waals surface area contributed by atoms with Crippen molar-refractivity contribution in [3.05, 3.63) is 0 Å². The Morgan fingerprint density at radius 1 is 1.80 bits per heavy atom. The fourth-order valence-electron chi connectivity index (χ4n) is 0.516. The minimum atomic E-state index is -0.0721. The molecule has 0 aromatic rings. The van der Waals surface area contributed by atoms with Gasteiger partial charge >= 0.3 is 0 Å². The van der Waals surface area contributed by atoms with Crippen LogP contribution in [0, 0.1) is 0 Å². The van der Waals surface area contributed by atoms with Crippen molar-refractivity contribution >= 4 is 18.8 Å². The summed E-state index contributed by atoms with van der Waals surface area (Å²) in [6.45, 7) is 0.778. The molecule has 0 aromatic heterocycles. The first-order valence-corrected chi connectivity index (χ1v) is 3.67. The highest BCUT2D eigenvalue weighted by Gasteiger charge is 1.97. The molecule has 0 fully saturated rings. The van der Waals surface area contributed by atoms with E-state index in [0.29, 0.717) is 0 Å². The molecule has 0 radical (unpaired) electrons. The van der Waals surface area contributed by atoms with E-state index in [9.17, 15) is 0 Å². The molecule has 0 aromatic carbocycles. The summed E-state index contributed by atoms with van der Waals surface area (Å²) < 4.78 is 0. The Morgan fingerprint density at radius 2 is 2.50 bits per heavy atom. The van der Waals surface area contributed by atoms with Gasteiger partial charge in [-0.05, 0) is 7.05 Å². The van der Waals surface area contributed by atoms with Gasteiger partial charge in [0.05, 0.1) is 12.4 Å². The van der Waals surface area contributed by atoms with Crippen LogP contribution in [0.4, 0.5) is 0 Å². The summed E-state index contributed by atoms with van der Waals surface area (Å²) in [5, 5.41) is 16.9. The maximum atomic E-state index is 8.14. The van der Waals surface area contributed by atoms with Crippen LogP contribution >= 0.6 is 12.6 Å². The second-order valence-electron chi connectivity index (χ2n) is 1.71. The summed E-state index contributed by atoms with van der Waals surface area (Å²) in [6.07, 6.45) is 1.31. The van der Waals surface area contributed by atoms with Crippen molar-refractivity contribution in [1.82, 2.24) is 10.6 Å². The molecule has 3 N–H and O–H groups in total. The smallest absolute Gasteiger partial charge is 0.0971 e. The van der Waals surface area contributed by atoms with Gasteiger partial charge in [0.2, 0.25) is 0 Å². The largest absolute Gasteiger partial charge is 0.411 e. The zero-order chi connectivity index (χ0) is 7.82. The van der Waals surface area contributed by atoms with E-state index in [1.807, 2.05) is 0 Å². The minimum absolute atomic E-state index is 0.0721. The molecule has 10 heavy (non-hydrogen) atoms. The SMILES string of the molecule is CNC(/C=N/O)NCCS. The molecule has 0 spiro atoms. The van der Waals surface area contributed by atoms with Crippen LogP contribution < -0.4 is 10.6 Å². The molecule has 5 heteroatoms. The summed E-state index contributed by atoms with van der Waals surface area (Å²) >= 11 is 4.00. The maximum Gasteiger partial charge on any atom is 0.0971 e. The standard InChI is InChI=1S/C5H13N3OS/c1-6-5(4-8-9)7-2-3-10/h4-7,9-10H,2-3H2,1H3/b8-4+. The molecule has 60 valence electrons. The first-order chi connectivity index (χ1) is 4.85. The van der Waals surface area contributed by atoms with E-state index in [0.717, 1.165) is 12.3 Å². The van der Waals surface area contributed by atoms with Crippen LogP contribution in [-0.4, -0.2) is 36.9 Å². The van der Waals surface area contributed by atoms with Gasteiger partial charge < -0.3 is 10.5 Å². The van der Waals surface area contributed by atoms with E-state index in [2.05, 4.69) is 28.4 Å². The number of nitrogens with zero attached hydrogens (tertiary/aromatic N) is 1. The highest BCUT2D eigenvalue weighted by molar-refractivity contribution is 7.80. The third kappa shape index (κ3) is 4.60. The average Bonchev–Trinajstić information content (AvgIpc) is 1.98. The first-order valence-electron chi connectivity index (χ1n) is 3.04. The number of hydrogen-bond acceptors (Lipinski definition) is 5. The molecular formula is C5H13N3OS. The highest BCUT2D eigenvalue weighted by atomic mass is 32.1. The van der Waals surface area contributed by atoms with Crippen LogP contribution in [0.25, 0.3) is 0 Å². The Bertz CT molecular complexity index is 98.9. The fourth-order valence-corrected chi connectivity index (χ4v) is 0.645. The second kappa shape index (κ2) is 6.85. The summed E-state index contributed by atoms with van der Waals surface area (Å²) in [5.41, 5.74) is 0. The summed E-state index contributed by atoms with van der Waals surface area (Å²) in [6, 6.07) is 0. The molecule has 1 atom stereocenters. The van der Waals surface area contributed by atoms with E-state index in [4.69, 9.17) is 5.21 Å². The Kier molecular flexibility index (Phi) is 6.68. The van der Waals surface area contributed by atoms with Crippen LogP contribution in [0.5, 0.6) is 0 Å². The molecule has 0 saturated carbocycles. The molecular weight excluding hydrogens is 150 g/mol. The highest BCUT2D eigenvalue weighted by Crippen LogP contribution is 1.73. The zero-order valence-electron chi connectivity index (χ0n) is 5.91. The van der Waals surface area contributed by atoms with E-state index >= 15 is 0 Å². The Labute approximate surface area is 66.1 Å². The fraction of sp³-hybridized carbons (Fsp3) is 0.800. The Balaban J connectivity index is 3.39. The van der Waals surface area contributed by atoms with Gasteiger partial charge in [-0.3, -0.25) is 5.32 Å². The van der Waals surface area contributed by atoms with Crippen molar-refractivity contribution < 1.29 is 5.21 Å². The molecule has 0 saturated heterocycles. The molecule has 0 aliphatic rings. The third-order valence-electron chi connectivity index (χ3n) is 1.00. The number of rotatable bonds is 5. The van der Waals surface area contributed by atoms with Crippen LogP contribution in [0.1, 0.15) is 0 Å². The molecule has 0 aliphatic carbocycles. The van der Waals surface area contributed by atoms with Gasteiger partial charge in [0.1, 0.15) is 0 Å². The topological polar surface area (TPSA) is 56.7 Å². The predicted octanol–water partition coefficient (Wildman–Crippen LogP) is -0.489. The van der Waals surface area contributed by atoms with Crippen molar-refractivity contribution in [3.63, 3.8) is 0 Å². The second-order valence-corrected chi connectivity index (χ2v) is 2.16. The monoisotopic (exact) mass is 163 g/mol. The van der Waals surface area contributed by atoms with Gasteiger partial charge in [-0.25, -0.2) is 0 Å². The van der Waals surface area contributed by atoms with Gasteiger partial charge in [0, 0.05) is 12.3 Å². The lowest BCUT2D eigenvalue weighted by atomic mass is 10.5. The van der Waals surface area contributed by atoms with Gasteiger partial charge in [-0.1, -0.05) is 5.16 Å². The van der Waals surface area contributed by atoms with Crippen LogP contribution in [0.2, 0.25) is 0 Å². The molecule has 4 nitrogen and oxygen atoms in total. The van der Waals surface area contributed by atoms with Crippen molar-refractivity contribution in [2.75, 3.05) is 19.3 Å². The Hall–Kier alpha value is -0.260. The molecule has 0 rings (SSSR count). The van der Waals surface area contributed by atoms with E-state index in [-0.39, 0.29) is 6.17 Å². The predicted molar refractivity (Wildman–Crippen MR) is 45.0 cm³/mol. The number of oxime groups is 1. The van der Waals surface area contributed by atoms with Crippen molar-refractivity contribution in [2.45, 2.75) is 6.17 Å².